The standard InChI is InChI=1S/C22H23F5N2O4S/c1-4-18(14-10-16(23)21(17(24)11-14)29-34(3,31)32)28-20(30)9-7-13-6-8-15(22(25,26)27)12-19(13)33-5-2/h6-12,18,29H,4-5H2,1-3H3,(H,28,30)/b9-7-. The molecule has 2 N–H and O–H groups in total. The predicted octanol–water partition coefficient (Wildman–Crippen LogP) is 5.03. The Morgan fingerprint density at radius 1 is 1.12 bits per heavy atom. The van der Waals surface area contributed by atoms with E-state index in [-0.39, 0.29) is 29.9 Å². The average molecular weight is 506 g/mol. The smallest absolute Gasteiger partial charge is 0.416 e. The molecule has 0 heterocycles. The highest BCUT2D eigenvalue weighted by atomic mass is 32.2. The van der Waals surface area contributed by atoms with Crippen molar-refractivity contribution in [2.75, 3.05) is 17.6 Å². The number of hydrogen-bond acceptors (Lipinski definition) is 4. The normalized spacial score (nSPS) is 13.1. The summed E-state index contributed by atoms with van der Waals surface area (Å²) in [6.07, 6.45) is -1.26. The van der Waals surface area contributed by atoms with E-state index in [0.29, 0.717) is 0 Å². The number of alkyl halides is 3. The molecule has 0 bridgehead atoms. The summed E-state index contributed by atoms with van der Waals surface area (Å²) < 4.78 is 96.9. The minimum absolute atomic E-state index is 0.0582. The van der Waals surface area contributed by atoms with Crippen LogP contribution in [-0.2, 0) is 21.0 Å². The summed E-state index contributed by atoms with van der Waals surface area (Å²) in [7, 11) is -3.91. The predicted molar refractivity (Wildman–Crippen MR) is 118 cm³/mol. The van der Waals surface area contributed by atoms with Crippen molar-refractivity contribution < 1.29 is 39.9 Å². The fourth-order valence-corrected chi connectivity index (χ4v) is 3.58. The number of hydrogen-bond donors (Lipinski definition) is 2. The number of halogens is 5. The summed E-state index contributed by atoms with van der Waals surface area (Å²) >= 11 is 0. The topological polar surface area (TPSA) is 84.5 Å². The molecule has 186 valence electrons. The van der Waals surface area contributed by atoms with Crippen molar-refractivity contribution in [2.45, 2.75) is 32.5 Å². The van der Waals surface area contributed by atoms with Crippen LogP contribution in [0, 0.1) is 11.6 Å². The van der Waals surface area contributed by atoms with Gasteiger partial charge in [0.15, 0.2) is 11.6 Å². The van der Waals surface area contributed by atoms with Crippen molar-refractivity contribution >= 4 is 27.7 Å². The lowest BCUT2D eigenvalue weighted by atomic mass is 10.0. The molecule has 0 aromatic heterocycles. The van der Waals surface area contributed by atoms with E-state index in [1.165, 1.54) is 6.08 Å². The average Bonchev–Trinajstić information content (AvgIpc) is 2.72. The van der Waals surface area contributed by atoms with Crippen LogP contribution in [-0.4, -0.2) is 27.2 Å². The van der Waals surface area contributed by atoms with Crippen LogP contribution in [0.2, 0.25) is 0 Å². The first-order valence-electron chi connectivity index (χ1n) is 10.0. The van der Waals surface area contributed by atoms with Crippen LogP contribution in [0.3, 0.4) is 0 Å². The van der Waals surface area contributed by atoms with Gasteiger partial charge in [0.1, 0.15) is 11.4 Å². The SMILES string of the molecule is CCOc1cc(C(F)(F)F)ccc1/C=C\C(=O)NC(CC)c1cc(F)c(NS(C)(=O)=O)c(F)c1. The fourth-order valence-electron chi connectivity index (χ4n) is 3.01. The first-order chi connectivity index (χ1) is 15.7. The maximum Gasteiger partial charge on any atom is 0.416 e. The largest absolute Gasteiger partial charge is 0.493 e. The molecule has 1 unspecified atom stereocenters. The van der Waals surface area contributed by atoms with E-state index in [0.717, 1.165) is 42.7 Å². The van der Waals surface area contributed by atoms with Gasteiger partial charge in [0.25, 0.3) is 0 Å². The minimum atomic E-state index is -4.56. The zero-order valence-corrected chi connectivity index (χ0v) is 19.3. The van der Waals surface area contributed by atoms with Crippen LogP contribution in [0.1, 0.15) is 43.0 Å². The van der Waals surface area contributed by atoms with E-state index < -0.39 is 51.0 Å². The second-order valence-corrected chi connectivity index (χ2v) is 8.97. The summed E-state index contributed by atoms with van der Waals surface area (Å²) in [6.45, 7) is 3.35. The molecular formula is C22H23F5N2O4S. The van der Waals surface area contributed by atoms with Crippen molar-refractivity contribution in [3.05, 3.63) is 64.7 Å². The third kappa shape index (κ3) is 7.44. The van der Waals surface area contributed by atoms with Gasteiger partial charge in [-0.15, -0.1) is 0 Å². The summed E-state index contributed by atoms with van der Waals surface area (Å²) in [5.41, 5.74) is -1.45. The Hall–Kier alpha value is -3.15. The summed E-state index contributed by atoms with van der Waals surface area (Å²) in [5.74, 6) is -3.05. The number of rotatable bonds is 9. The van der Waals surface area contributed by atoms with E-state index in [9.17, 15) is 35.2 Å². The quantitative estimate of drug-likeness (QED) is 0.369. The van der Waals surface area contributed by atoms with Gasteiger partial charge in [-0.2, -0.15) is 13.2 Å². The molecule has 1 amide bonds. The molecule has 2 rings (SSSR count). The van der Waals surface area contributed by atoms with Gasteiger partial charge >= 0.3 is 6.18 Å². The Bertz CT molecular complexity index is 1160. The maximum atomic E-state index is 14.3. The van der Waals surface area contributed by atoms with Crippen molar-refractivity contribution in [1.29, 1.82) is 0 Å². The fraction of sp³-hybridized carbons (Fsp3) is 0.318. The highest BCUT2D eigenvalue weighted by Crippen LogP contribution is 2.33. The first kappa shape index (κ1) is 27.1. The van der Waals surface area contributed by atoms with Gasteiger partial charge in [0.2, 0.25) is 15.9 Å². The molecule has 0 aliphatic carbocycles. The number of carbonyl (C=O) groups is 1. The summed E-state index contributed by atoms with van der Waals surface area (Å²) in [5, 5.41) is 2.54. The molecule has 1 atom stereocenters. The van der Waals surface area contributed by atoms with E-state index >= 15 is 0 Å². The molecule has 0 saturated heterocycles. The molecule has 0 aliphatic heterocycles. The molecule has 0 aliphatic rings. The number of anilines is 1. The lowest BCUT2D eigenvalue weighted by molar-refractivity contribution is -0.137. The van der Waals surface area contributed by atoms with Gasteiger partial charge in [-0.05, 0) is 49.2 Å². The first-order valence-corrected chi connectivity index (χ1v) is 11.9. The van der Waals surface area contributed by atoms with Crippen LogP contribution in [0.15, 0.2) is 36.4 Å². The Morgan fingerprint density at radius 3 is 2.24 bits per heavy atom. The Labute approximate surface area is 193 Å². The van der Waals surface area contributed by atoms with Gasteiger partial charge in [0, 0.05) is 11.6 Å². The molecule has 0 fully saturated rings. The van der Waals surface area contributed by atoms with Crippen LogP contribution >= 0.6 is 0 Å². The van der Waals surface area contributed by atoms with Crippen LogP contribution in [0.4, 0.5) is 27.6 Å². The Morgan fingerprint density at radius 2 is 1.74 bits per heavy atom. The van der Waals surface area contributed by atoms with Crippen molar-refractivity contribution in [1.82, 2.24) is 5.32 Å². The third-order valence-corrected chi connectivity index (χ3v) is 5.11. The van der Waals surface area contributed by atoms with Gasteiger partial charge < -0.3 is 10.1 Å². The number of amides is 1. The van der Waals surface area contributed by atoms with E-state index in [4.69, 9.17) is 4.74 Å². The lowest BCUT2D eigenvalue weighted by Crippen LogP contribution is -2.26. The lowest BCUT2D eigenvalue weighted by Gasteiger charge is -2.18. The van der Waals surface area contributed by atoms with Crippen LogP contribution in [0.5, 0.6) is 5.75 Å². The Balaban J connectivity index is 2.23. The highest BCUT2D eigenvalue weighted by molar-refractivity contribution is 7.92. The Kier molecular flexibility index (Phi) is 8.65. The third-order valence-electron chi connectivity index (χ3n) is 4.53. The maximum absolute atomic E-state index is 14.3. The van der Waals surface area contributed by atoms with Gasteiger partial charge in [-0.3, -0.25) is 9.52 Å². The minimum Gasteiger partial charge on any atom is -0.493 e. The van der Waals surface area contributed by atoms with E-state index in [2.05, 4.69) is 5.32 Å². The molecule has 0 saturated carbocycles. The molecular weight excluding hydrogens is 483 g/mol. The number of nitrogens with one attached hydrogen (secondary N) is 2. The van der Waals surface area contributed by atoms with Crippen molar-refractivity contribution in [2.24, 2.45) is 0 Å². The van der Waals surface area contributed by atoms with Crippen molar-refractivity contribution in [3.63, 3.8) is 0 Å². The zero-order valence-electron chi connectivity index (χ0n) is 18.5. The molecule has 2 aromatic rings. The number of ether oxygens (including phenoxy) is 1. The van der Waals surface area contributed by atoms with E-state index in [1.807, 2.05) is 0 Å². The van der Waals surface area contributed by atoms with Crippen molar-refractivity contribution in [3.8, 4) is 5.75 Å². The molecule has 0 radical (unpaired) electrons. The molecule has 0 spiro atoms. The molecule has 34 heavy (non-hydrogen) atoms. The zero-order chi connectivity index (χ0) is 25.7. The number of carbonyl (C=O) groups excluding carboxylic acids is 1. The van der Waals surface area contributed by atoms with Crippen LogP contribution < -0.4 is 14.8 Å². The van der Waals surface area contributed by atoms with Gasteiger partial charge in [-0.1, -0.05) is 13.0 Å². The van der Waals surface area contributed by atoms with E-state index in [1.54, 1.807) is 18.6 Å². The van der Waals surface area contributed by atoms with Gasteiger partial charge in [-0.25, -0.2) is 17.2 Å². The second kappa shape index (κ2) is 10.9. The molecule has 2 aromatic carbocycles. The second-order valence-electron chi connectivity index (χ2n) is 7.22. The van der Waals surface area contributed by atoms with Gasteiger partial charge in [0.05, 0.1) is 24.5 Å². The molecule has 12 heteroatoms. The summed E-state index contributed by atoms with van der Waals surface area (Å²) in [4.78, 5) is 12.4. The van der Waals surface area contributed by atoms with Crippen LogP contribution in [0.25, 0.3) is 6.08 Å². The molecule has 6 nitrogen and oxygen atoms in total. The highest BCUT2D eigenvalue weighted by Gasteiger charge is 2.31. The monoisotopic (exact) mass is 506 g/mol. The number of sulfonamides is 1. The number of benzene rings is 2. The summed E-state index contributed by atoms with van der Waals surface area (Å²) in [6, 6.07) is 3.82.